The van der Waals surface area contributed by atoms with Crippen molar-refractivity contribution in [2.24, 2.45) is 5.92 Å². The first kappa shape index (κ1) is 19.2. The SMILES string of the molecule is CCOC(=O)c1cc(-c2ccccc2)n(CC(=O)N2CCC[C@H](C)C2)c1C. The highest BCUT2D eigenvalue weighted by atomic mass is 16.5. The largest absolute Gasteiger partial charge is 0.462 e. The number of hydrogen-bond acceptors (Lipinski definition) is 3. The smallest absolute Gasteiger partial charge is 0.339 e. The molecule has 1 aromatic heterocycles. The Balaban J connectivity index is 1.94. The molecule has 1 fully saturated rings. The van der Waals surface area contributed by atoms with Crippen LogP contribution >= 0.6 is 0 Å². The van der Waals surface area contributed by atoms with Gasteiger partial charge in [0, 0.05) is 24.5 Å². The summed E-state index contributed by atoms with van der Waals surface area (Å²) in [7, 11) is 0. The predicted molar refractivity (Wildman–Crippen MR) is 106 cm³/mol. The maximum Gasteiger partial charge on any atom is 0.339 e. The monoisotopic (exact) mass is 368 g/mol. The van der Waals surface area contributed by atoms with E-state index in [1.54, 1.807) is 6.92 Å². The lowest BCUT2D eigenvalue weighted by Crippen LogP contribution is -2.41. The Labute approximate surface area is 160 Å². The molecule has 5 heteroatoms. The molecule has 1 aliphatic rings. The normalized spacial score (nSPS) is 17.0. The molecule has 0 saturated carbocycles. The van der Waals surface area contributed by atoms with E-state index in [0.29, 0.717) is 18.1 Å². The van der Waals surface area contributed by atoms with Crippen LogP contribution in [0.1, 0.15) is 42.7 Å². The van der Waals surface area contributed by atoms with E-state index in [4.69, 9.17) is 4.74 Å². The minimum atomic E-state index is -0.343. The van der Waals surface area contributed by atoms with Gasteiger partial charge in [-0.05, 0) is 44.2 Å². The number of ether oxygens (including phenoxy) is 1. The van der Waals surface area contributed by atoms with Crippen molar-refractivity contribution in [3.8, 4) is 11.3 Å². The molecule has 0 spiro atoms. The van der Waals surface area contributed by atoms with E-state index in [1.807, 2.05) is 52.8 Å². The van der Waals surface area contributed by atoms with Crippen LogP contribution in [0, 0.1) is 12.8 Å². The standard InChI is InChI=1S/C22H28N2O3/c1-4-27-22(26)19-13-20(18-10-6-5-7-11-18)24(17(19)3)15-21(25)23-12-8-9-16(2)14-23/h5-7,10-11,13,16H,4,8-9,12,14-15H2,1-3H3/t16-/m0/s1. The van der Waals surface area contributed by atoms with Crippen LogP contribution in [0.5, 0.6) is 0 Å². The summed E-state index contributed by atoms with van der Waals surface area (Å²) in [6.45, 7) is 8.05. The number of hydrogen-bond donors (Lipinski definition) is 0. The van der Waals surface area contributed by atoms with Crippen molar-refractivity contribution >= 4 is 11.9 Å². The highest BCUT2D eigenvalue weighted by Crippen LogP contribution is 2.27. The van der Waals surface area contributed by atoms with Gasteiger partial charge in [-0.2, -0.15) is 0 Å². The Morgan fingerprint density at radius 2 is 1.96 bits per heavy atom. The zero-order valence-electron chi connectivity index (χ0n) is 16.4. The number of nitrogens with zero attached hydrogens (tertiary/aromatic N) is 2. The molecule has 0 N–H and O–H groups in total. The van der Waals surface area contributed by atoms with E-state index in [1.165, 1.54) is 6.42 Å². The molecule has 2 aromatic rings. The number of esters is 1. The van der Waals surface area contributed by atoms with E-state index in [-0.39, 0.29) is 18.4 Å². The van der Waals surface area contributed by atoms with Gasteiger partial charge in [0.25, 0.3) is 0 Å². The van der Waals surface area contributed by atoms with E-state index in [9.17, 15) is 9.59 Å². The number of rotatable bonds is 5. The van der Waals surface area contributed by atoms with Gasteiger partial charge in [0.15, 0.2) is 0 Å². The molecule has 3 rings (SSSR count). The van der Waals surface area contributed by atoms with E-state index in [0.717, 1.165) is 36.5 Å². The lowest BCUT2D eigenvalue weighted by Gasteiger charge is -2.31. The van der Waals surface area contributed by atoms with Crippen LogP contribution in [-0.4, -0.2) is 41.0 Å². The van der Waals surface area contributed by atoms with Gasteiger partial charge in [0.1, 0.15) is 6.54 Å². The summed E-state index contributed by atoms with van der Waals surface area (Å²) in [6.07, 6.45) is 2.23. The Morgan fingerprint density at radius 3 is 2.63 bits per heavy atom. The van der Waals surface area contributed by atoms with Gasteiger partial charge >= 0.3 is 5.97 Å². The number of amides is 1. The second-order valence-electron chi connectivity index (χ2n) is 7.29. The van der Waals surface area contributed by atoms with Crippen molar-refractivity contribution in [3.63, 3.8) is 0 Å². The Hall–Kier alpha value is -2.56. The molecular weight excluding hydrogens is 340 g/mol. The molecule has 1 saturated heterocycles. The van der Waals surface area contributed by atoms with Gasteiger partial charge in [-0.15, -0.1) is 0 Å². The van der Waals surface area contributed by atoms with Crippen molar-refractivity contribution in [3.05, 3.63) is 47.7 Å². The summed E-state index contributed by atoms with van der Waals surface area (Å²) >= 11 is 0. The van der Waals surface area contributed by atoms with Gasteiger partial charge in [0.05, 0.1) is 12.2 Å². The van der Waals surface area contributed by atoms with E-state index in [2.05, 4.69) is 6.92 Å². The van der Waals surface area contributed by atoms with Crippen molar-refractivity contribution in [1.29, 1.82) is 0 Å². The Kier molecular flexibility index (Phi) is 5.99. The van der Waals surface area contributed by atoms with Gasteiger partial charge in [-0.3, -0.25) is 4.79 Å². The first-order valence-electron chi connectivity index (χ1n) is 9.71. The van der Waals surface area contributed by atoms with Gasteiger partial charge in [0.2, 0.25) is 5.91 Å². The van der Waals surface area contributed by atoms with Crippen LogP contribution in [0.15, 0.2) is 36.4 Å². The third-order valence-electron chi connectivity index (χ3n) is 5.23. The molecule has 0 aliphatic carbocycles. The average Bonchev–Trinajstić information content (AvgIpc) is 2.99. The molecule has 0 unspecified atom stereocenters. The van der Waals surface area contributed by atoms with Crippen LogP contribution in [0.4, 0.5) is 0 Å². The fourth-order valence-corrected chi connectivity index (χ4v) is 3.76. The molecule has 0 radical (unpaired) electrons. The summed E-state index contributed by atoms with van der Waals surface area (Å²) in [5.41, 5.74) is 3.15. The highest BCUT2D eigenvalue weighted by Gasteiger charge is 2.25. The molecule has 5 nitrogen and oxygen atoms in total. The van der Waals surface area contributed by atoms with Gasteiger partial charge in [-0.1, -0.05) is 37.3 Å². The van der Waals surface area contributed by atoms with Gasteiger partial charge in [-0.25, -0.2) is 4.79 Å². The van der Waals surface area contributed by atoms with Crippen molar-refractivity contribution in [2.75, 3.05) is 19.7 Å². The molecule has 0 bridgehead atoms. The number of piperidine rings is 1. The molecule has 1 amide bonds. The number of aromatic nitrogens is 1. The van der Waals surface area contributed by atoms with E-state index < -0.39 is 0 Å². The maximum absolute atomic E-state index is 12.9. The number of carbonyl (C=O) groups excluding carboxylic acids is 2. The number of likely N-dealkylation sites (tertiary alicyclic amines) is 1. The van der Waals surface area contributed by atoms with Crippen LogP contribution in [-0.2, 0) is 16.1 Å². The fraction of sp³-hybridized carbons (Fsp3) is 0.455. The maximum atomic E-state index is 12.9. The molecule has 2 heterocycles. The average molecular weight is 368 g/mol. The fourth-order valence-electron chi connectivity index (χ4n) is 3.76. The first-order chi connectivity index (χ1) is 13.0. The third kappa shape index (κ3) is 4.24. The lowest BCUT2D eigenvalue weighted by atomic mass is 10.0. The molecule has 144 valence electrons. The minimum absolute atomic E-state index is 0.104. The second-order valence-corrected chi connectivity index (χ2v) is 7.29. The first-order valence-corrected chi connectivity index (χ1v) is 9.71. The van der Waals surface area contributed by atoms with Gasteiger partial charge < -0.3 is 14.2 Å². The van der Waals surface area contributed by atoms with Crippen LogP contribution in [0.3, 0.4) is 0 Å². The van der Waals surface area contributed by atoms with Crippen LogP contribution < -0.4 is 0 Å². The summed E-state index contributed by atoms with van der Waals surface area (Å²) in [4.78, 5) is 27.3. The molecule has 1 aromatic carbocycles. The summed E-state index contributed by atoms with van der Waals surface area (Å²) in [6, 6.07) is 11.7. The highest BCUT2D eigenvalue weighted by molar-refractivity contribution is 5.93. The molecule has 1 aliphatic heterocycles. The Morgan fingerprint density at radius 1 is 1.22 bits per heavy atom. The van der Waals surface area contributed by atoms with Crippen molar-refractivity contribution in [2.45, 2.75) is 40.2 Å². The topological polar surface area (TPSA) is 51.5 Å². The second kappa shape index (κ2) is 8.42. The lowest BCUT2D eigenvalue weighted by molar-refractivity contribution is -0.133. The molecule has 1 atom stereocenters. The van der Waals surface area contributed by atoms with E-state index >= 15 is 0 Å². The number of benzene rings is 1. The van der Waals surface area contributed by atoms with Crippen molar-refractivity contribution < 1.29 is 14.3 Å². The van der Waals surface area contributed by atoms with Crippen LogP contribution in [0.2, 0.25) is 0 Å². The molecular formula is C22H28N2O3. The third-order valence-corrected chi connectivity index (χ3v) is 5.23. The van der Waals surface area contributed by atoms with Crippen LogP contribution in [0.25, 0.3) is 11.3 Å². The Bertz CT molecular complexity index is 810. The zero-order chi connectivity index (χ0) is 19.4. The summed E-state index contributed by atoms with van der Waals surface area (Å²) in [5.74, 6) is 0.301. The van der Waals surface area contributed by atoms with Crippen molar-refractivity contribution in [1.82, 2.24) is 9.47 Å². The summed E-state index contributed by atoms with van der Waals surface area (Å²) in [5, 5.41) is 0. The predicted octanol–water partition coefficient (Wildman–Crippen LogP) is 3.90. The molecule has 27 heavy (non-hydrogen) atoms. The zero-order valence-corrected chi connectivity index (χ0v) is 16.4. The minimum Gasteiger partial charge on any atom is -0.462 e. The quantitative estimate of drug-likeness (QED) is 0.752. The summed E-state index contributed by atoms with van der Waals surface area (Å²) < 4.78 is 7.15. The number of carbonyl (C=O) groups is 2.